The van der Waals surface area contributed by atoms with E-state index in [4.69, 9.17) is 26.1 Å². The number of carbonyl (C=O) groups excluding carboxylic acids is 2. The molecule has 0 radical (unpaired) electrons. The lowest BCUT2D eigenvalue weighted by Crippen LogP contribution is -2.36. The number of pyridine rings is 2. The maximum absolute atomic E-state index is 13.5. The number of rotatable bonds is 11. The molecule has 264 valence electrons. The molecule has 0 atom stereocenters. The zero-order valence-electron chi connectivity index (χ0n) is 29.5. The van der Waals surface area contributed by atoms with Gasteiger partial charge in [-0.05, 0) is 50.1 Å². The summed E-state index contributed by atoms with van der Waals surface area (Å²) < 4.78 is 12.7. The highest BCUT2D eigenvalue weighted by atomic mass is 35.5. The zero-order chi connectivity index (χ0) is 36.2. The predicted octanol–water partition coefficient (Wildman–Crippen LogP) is 6.74. The van der Waals surface area contributed by atoms with Crippen molar-refractivity contribution in [2.24, 2.45) is 7.05 Å². The Labute approximate surface area is 302 Å². The van der Waals surface area contributed by atoms with Crippen molar-refractivity contribution in [1.82, 2.24) is 24.4 Å². The van der Waals surface area contributed by atoms with Gasteiger partial charge in [-0.15, -0.1) is 0 Å². The van der Waals surface area contributed by atoms with Crippen molar-refractivity contribution in [1.29, 1.82) is 0 Å². The van der Waals surface area contributed by atoms with Gasteiger partial charge in [0.2, 0.25) is 5.88 Å². The maximum Gasteiger partial charge on any atom is 0.291 e. The van der Waals surface area contributed by atoms with Crippen molar-refractivity contribution in [3.63, 3.8) is 0 Å². The minimum atomic E-state index is -0.395. The van der Waals surface area contributed by atoms with E-state index in [-0.39, 0.29) is 11.6 Å². The number of anilines is 3. The molecule has 0 unspecified atom stereocenters. The fraction of sp³-hybridized carbons (Fsp3) is 0.289. The summed E-state index contributed by atoms with van der Waals surface area (Å²) >= 11 is 6.95. The van der Waals surface area contributed by atoms with Crippen molar-refractivity contribution < 1.29 is 19.1 Å². The first-order chi connectivity index (χ1) is 24.6. The average Bonchev–Trinajstić information content (AvgIpc) is 3.48. The van der Waals surface area contributed by atoms with E-state index in [0.717, 1.165) is 46.7 Å². The number of nitrogens with zero attached hydrogens (tertiary/aromatic N) is 5. The first kappa shape index (κ1) is 35.4. The van der Waals surface area contributed by atoms with Crippen LogP contribution in [-0.4, -0.2) is 63.0 Å². The van der Waals surface area contributed by atoms with E-state index in [0.29, 0.717) is 58.5 Å². The standard InChI is InChI=1S/C38H41ClN8O4/c1-22(2)47-16-14-32-31(21-47)43-36(46(32)4)38(49)45-29-12-8-10-27(35(29)39)26-9-7-11-28(23(26)3)44-37(48)30-18-33(50-5)24(20-42-30)19-41-25-13-15-40-34(17-25)51-6/h7-13,15,17-18,20,22H,14,16,19,21H2,1-6H3,(H,40,41)(H,44,48)(H,45,49). The Morgan fingerprint density at radius 1 is 0.961 bits per heavy atom. The normalized spacial score (nSPS) is 12.7. The molecular formula is C38H41ClN8O4. The van der Waals surface area contributed by atoms with Gasteiger partial charge < -0.3 is 30.0 Å². The van der Waals surface area contributed by atoms with Gasteiger partial charge in [0.1, 0.15) is 11.4 Å². The molecule has 0 saturated carbocycles. The van der Waals surface area contributed by atoms with Crippen LogP contribution in [-0.2, 0) is 26.6 Å². The van der Waals surface area contributed by atoms with Gasteiger partial charge in [-0.25, -0.2) is 9.97 Å². The Bertz CT molecular complexity index is 2100. The van der Waals surface area contributed by atoms with E-state index in [1.54, 1.807) is 44.8 Å². The first-order valence-corrected chi connectivity index (χ1v) is 17.0. The number of amides is 2. The Morgan fingerprint density at radius 3 is 2.45 bits per heavy atom. The Kier molecular flexibility index (Phi) is 10.5. The number of halogens is 1. The molecule has 1 aliphatic rings. The number of nitrogens with one attached hydrogen (secondary N) is 3. The molecule has 2 amide bonds. The maximum atomic E-state index is 13.5. The SMILES string of the molecule is COc1cc(NCc2cnc(C(=O)Nc3cccc(-c4cccc(NC(=O)c5nc6c(n5C)CCN(C(C)C)C6)c4Cl)c3C)cc2OC)ccn1. The zero-order valence-corrected chi connectivity index (χ0v) is 30.3. The van der Waals surface area contributed by atoms with Crippen molar-refractivity contribution in [2.75, 3.05) is 36.7 Å². The summed E-state index contributed by atoms with van der Waals surface area (Å²) in [6.45, 7) is 8.29. The summed E-state index contributed by atoms with van der Waals surface area (Å²) in [5, 5.41) is 9.63. The molecular weight excluding hydrogens is 668 g/mol. The van der Waals surface area contributed by atoms with Gasteiger partial charge >= 0.3 is 0 Å². The number of benzene rings is 2. The molecule has 0 fully saturated rings. The van der Waals surface area contributed by atoms with Crippen LogP contribution in [0.3, 0.4) is 0 Å². The van der Waals surface area contributed by atoms with Crippen LogP contribution in [0.5, 0.6) is 11.6 Å². The average molecular weight is 709 g/mol. The molecule has 51 heavy (non-hydrogen) atoms. The molecule has 5 aromatic rings. The van der Waals surface area contributed by atoms with E-state index >= 15 is 0 Å². The second-order valence-electron chi connectivity index (χ2n) is 12.6. The van der Waals surface area contributed by atoms with Crippen LogP contribution >= 0.6 is 11.6 Å². The Morgan fingerprint density at radius 2 is 1.71 bits per heavy atom. The van der Waals surface area contributed by atoms with Crippen LogP contribution < -0.4 is 25.4 Å². The molecule has 6 rings (SSSR count). The van der Waals surface area contributed by atoms with Crippen LogP contribution in [0.2, 0.25) is 5.02 Å². The minimum absolute atomic E-state index is 0.196. The number of aromatic nitrogens is 4. The fourth-order valence-corrected chi connectivity index (χ4v) is 6.47. The quantitative estimate of drug-likeness (QED) is 0.136. The van der Waals surface area contributed by atoms with E-state index in [1.807, 2.05) is 54.9 Å². The molecule has 3 aromatic heterocycles. The van der Waals surface area contributed by atoms with Gasteiger partial charge in [0, 0.05) is 91.9 Å². The van der Waals surface area contributed by atoms with E-state index < -0.39 is 5.91 Å². The molecule has 0 spiro atoms. The van der Waals surface area contributed by atoms with E-state index in [2.05, 4.69) is 44.7 Å². The van der Waals surface area contributed by atoms with Crippen molar-refractivity contribution in [3.05, 3.63) is 106 Å². The Hall–Kier alpha value is -5.46. The summed E-state index contributed by atoms with van der Waals surface area (Å²) in [7, 11) is 4.99. The van der Waals surface area contributed by atoms with Gasteiger partial charge in [0.25, 0.3) is 11.8 Å². The van der Waals surface area contributed by atoms with Crippen LogP contribution in [0.1, 0.15) is 57.5 Å². The monoisotopic (exact) mass is 708 g/mol. The first-order valence-electron chi connectivity index (χ1n) is 16.6. The number of hydrogen-bond acceptors (Lipinski definition) is 9. The lowest BCUT2D eigenvalue weighted by molar-refractivity contribution is 0.100. The summed E-state index contributed by atoms with van der Waals surface area (Å²) in [5.41, 5.74) is 7.15. The van der Waals surface area contributed by atoms with Crippen molar-refractivity contribution >= 4 is 40.5 Å². The number of ether oxygens (including phenoxy) is 2. The van der Waals surface area contributed by atoms with Crippen LogP contribution in [0, 0.1) is 6.92 Å². The lowest BCUT2D eigenvalue weighted by Gasteiger charge is -2.29. The van der Waals surface area contributed by atoms with Gasteiger partial charge in [0.05, 0.1) is 30.6 Å². The highest BCUT2D eigenvalue weighted by molar-refractivity contribution is 6.36. The highest BCUT2D eigenvalue weighted by Crippen LogP contribution is 2.38. The van der Waals surface area contributed by atoms with Crippen LogP contribution in [0.4, 0.5) is 17.1 Å². The summed E-state index contributed by atoms with van der Waals surface area (Å²) in [6, 6.07) is 16.7. The van der Waals surface area contributed by atoms with Crippen molar-refractivity contribution in [2.45, 2.75) is 46.3 Å². The molecule has 3 N–H and O–H groups in total. The molecule has 2 aromatic carbocycles. The number of hydrogen-bond donors (Lipinski definition) is 3. The second-order valence-corrected chi connectivity index (χ2v) is 13.0. The topological polar surface area (TPSA) is 136 Å². The third-order valence-corrected chi connectivity index (χ3v) is 9.57. The molecule has 0 bridgehead atoms. The largest absolute Gasteiger partial charge is 0.496 e. The number of imidazole rings is 1. The smallest absolute Gasteiger partial charge is 0.291 e. The van der Waals surface area contributed by atoms with Crippen molar-refractivity contribution in [3.8, 4) is 22.8 Å². The van der Waals surface area contributed by atoms with E-state index in [1.165, 1.54) is 0 Å². The molecule has 13 heteroatoms. The summed E-state index contributed by atoms with van der Waals surface area (Å²) in [4.78, 5) is 42.5. The Balaban J connectivity index is 1.17. The molecule has 12 nitrogen and oxygen atoms in total. The number of methoxy groups -OCH3 is 2. The van der Waals surface area contributed by atoms with Gasteiger partial charge in [-0.2, -0.15) is 0 Å². The van der Waals surface area contributed by atoms with Gasteiger partial charge in [-0.3, -0.25) is 19.5 Å². The highest BCUT2D eigenvalue weighted by Gasteiger charge is 2.27. The van der Waals surface area contributed by atoms with Crippen LogP contribution in [0.15, 0.2) is 67.0 Å². The summed E-state index contributed by atoms with van der Waals surface area (Å²) in [6.07, 6.45) is 4.10. The molecule has 1 aliphatic heterocycles. The number of carbonyl (C=O) groups is 2. The molecule has 0 aliphatic carbocycles. The summed E-state index contributed by atoms with van der Waals surface area (Å²) in [5.74, 6) is 0.630. The van der Waals surface area contributed by atoms with Gasteiger partial charge in [-0.1, -0.05) is 35.9 Å². The molecule has 0 saturated heterocycles. The minimum Gasteiger partial charge on any atom is -0.496 e. The number of fused-ring (bicyclic) bond motifs is 1. The van der Waals surface area contributed by atoms with Crippen LogP contribution in [0.25, 0.3) is 11.1 Å². The third kappa shape index (κ3) is 7.52. The second kappa shape index (κ2) is 15.2. The predicted molar refractivity (Wildman–Crippen MR) is 199 cm³/mol. The van der Waals surface area contributed by atoms with Gasteiger partial charge in [0.15, 0.2) is 5.82 Å². The third-order valence-electron chi connectivity index (χ3n) is 9.16. The fourth-order valence-electron chi connectivity index (χ4n) is 6.20. The molecule has 4 heterocycles. The lowest BCUT2D eigenvalue weighted by atomic mass is 9.98. The van der Waals surface area contributed by atoms with E-state index in [9.17, 15) is 9.59 Å².